The third kappa shape index (κ3) is 1.87. The van der Waals surface area contributed by atoms with Gasteiger partial charge in [-0.15, -0.1) is 0 Å². The molecule has 3 aliphatic rings. The number of piperidine rings is 1. The lowest BCUT2D eigenvalue weighted by atomic mass is 9.78. The number of benzene rings is 1. The fourth-order valence-corrected chi connectivity index (χ4v) is 4.20. The standard InChI is InChI=1S/C17H21NO2/c19-17-15(18-10-4-1-5-11-18)14-9-8-12-6-2-3-7-13(12)16(14)20-17/h2-3,6-7,14-16H,1,4-5,8-11H2/t14-,15+,16+/m0/s1. The summed E-state index contributed by atoms with van der Waals surface area (Å²) in [4.78, 5) is 14.8. The normalized spacial score (nSPS) is 33.4. The number of hydrogen-bond acceptors (Lipinski definition) is 3. The van der Waals surface area contributed by atoms with Gasteiger partial charge >= 0.3 is 5.97 Å². The van der Waals surface area contributed by atoms with Gasteiger partial charge in [0.05, 0.1) is 0 Å². The van der Waals surface area contributed by atoms with E-state index in [2.05, 4.69) is 29.2 Å². The molecule has 2 heterocycles. The van der Waals surface area contributed by atoms with Gasteiger partial charge in [0.1, 0.15) is 12.1 Å². The summed E-state index contributed by atoms with van der Waals surface area (Å²) in [5, 5.41) is 0. The number of carbonyl (C=O) groups excluding carboxylic acids is 1. The maximum absolute atomic E-state index is 12.4. The van der Waals surface area contributed by atoms with Crippen LogP contribution in [-0.4, -0.2) is 30.0 Å². The van der Waals surface area contributed by atoms with Gasteiger partial charge in [-0.3, -0.25) is 9.69 Å². The molecule has 2 saturated heterocycles. The van der Waals surface area contributed by atoms with Crippen molar-refractivity contribution in [1.29, 1.82) is 0 Å². The molecule has 0 saturated carbocycles. The van der Waals surface area contributed by atoms with Crippen LogP contribution in [0.15, 0.2) is 24.3 Å². The van der Waals surface area contributed by atoms with Crippen LogP contribution >= 0.6 is 0 Å². The van der Waals surface area contributed by atoms with Gasteiger partial charge in [0, 0.05) is 5.92 Å². The molecule has 1 aromatic rings. The molecule has 3 nitrogen and oxygen atoms in total. The summed E-state index contributed by atoms with van der Waals surface area (Å²) >= 11 is 0. The number of nitrogens with zero attached hydrogens (tertiary/aromatic N) is 1. The zero-order valence-corrected chi connectivity index (χ0v) is 11.8. The molecular weight excluding hydrogens is 250 g/mol. The van der Waals surface area contributed by atoms with Crippen molar-refractivity contribution in [3.05, 3.63) is 35.4 Å². The second-order valence-electron chi connectivity index (χ2n) is 6.30. The number of rotatable bonds is 1. The van der Waals surface area contributed by atoms with E-state index in [0.29, 0.717) is 5.92 Å². The minimum absolute atomic E-state index is 0.000577. The average Bonchev–Trinajstić information content (AvgIpc) is 2.84. The van der Waals surface area contributed by atoms with Crippen molar-refractivity contribution in [2.45, 2.75) is 44.2 Å². The first-order valence-electron chi connectivity index (χ1n) is 7.87. The van der Waals surface area contributed by atoms with Crippen LogP contribution in [0.1, 0.15) is 42.9 Å². The molecule has 2 fully saturated rings. The molecule has 0 N–H and O–H groups in total. The Kier molecular flexibility index (Phi) is 3.03. The lowest BCUT2D eigenvalue weighted by Gasteiger charge is -2.35. The lowest BCUT2D eigenvalue weighted by molar-refractivity contribution is -0.145. The highest BCUT2D eigenvalue weighted by atomic mass is 16.6. The van der Waals surface area contributed by atoms with Crippen LogP contribution in [0.4, 0.5) is 0 Å². The van der Waals surface area contributed by atoms with Crippen molar-refractivity contribution in [2.75, 3.05) is 13.1 Å². The molecule has 20 heavy (non-hydrogen) atoms. The number of hydrogen-bond donors (Lipinski definition) is 0. The predicted molar refractivity (Wildman–Crippen MR) is 76.3 cm³/mol. The smallest absolute Gasteiger partial charge is 0.324 e. The zero-order chi connectivity index (χ0) is 13.5. The van der Waals surface area contributed by atoms with Gasteiger partial charge in [0.15, 0.2) is 0 Å². The minimum atomic E-state index is -0.000577. The van der Waals surface area contributed by atoms with E-state index >= 15 is 0 Å². The molecule has 3 heteroatoms. The highest BCUT2D eigenvalue weighted by Gasteiger charge is 2.49. The molecule has 1 aromatic carbocycles. The van der Waals surface area contributed by atoms with Gasteiger partial charge in [-0.1, -0.05) is 30.7 Å². The predicted octanol–water partition coefficient (Wildman–Crippen LogP) is 2.70. The van der Waals surface area contributed by atoms with E-state index in [9.17, 15) is 4.79 Å². The van der Waals surface area contributed by atoms with Gasteiger partial charge in [0.25, 0.3) is 0 Å². The Morgan fingerprint density at radius 3 is 2.75 bits per heavy atom. The highest BCUT2D eigenvalue weighted by Crippen LogP contribution is 2.45. The summed E-state index contributed by atoms with van der Waals surface area (Å²) in [5.74, 6) is 0.370. The van der Waals surface area contributed by atoms with Crippen molar-refractivity contribution >= 4 is 5.97 Å². The van der Waals surface area contributed by atoms with E-state index in [1.54, 1.807) is 0 Å². The molecule has 0 spiro atoms. The first kappa shape index (κ1) is 12.4. The van der Waals surface area contributed by atoms with Crippen LogP contribution in [0, 0.1) is 5.92 Å². The summed E-state index contributed by atoms with van der Waals surface area (Å²) in [5.41, 5.74) is 2.61. The summed E-state index contributed by atoms with van der Waals surface area (Å²) in [7, 11) is 0. The minimum Gasteiger partial charge on any atom is -0.456 e. The molecule has 1 aliphatic carbocycles. The number of aryl methyl sites for hydroxylation is 1. The molecule has 2 aliphatic heterocycles. The molecule has 4 rings (SSSR count). The highest BCUT2D eigenvalue weighted by molar-refractivity contribution is 5.79. The molecular formula is C17H21NO2. The number of likely N-dealkylation sites (tertiary alicyclic amines) is 1. The number of fused-ring (bicyclic) bond motifs is 3. The fourth-order valence-electron chi connectivity index (χ4n) is 4.20. The average molecular weight is 271 g/mol. The van der Waals surface area contributed by atoms with Crippen molar-refractivity contribution in [2.24, 2.45) is 5.92 Å². The summed E-state index contributed by atoms with van der Waals surface area (Å²) in [6.45, 7) is 2.12. The van der Waals surface area contributed by atoms with Gasteiger partial charge in [-0.25, -0.2) is 0 Å². The van der Waals surface area contributed by atoms with E-state index in [4.69, 9.17) is 4.74 Å². The SMILES string of the molecule is O=C1O[C@@H]2c3ccccc3CC[C@H]2[C@H]1N1CCCCC1. The molecule has 0 amide bonds. The van der Waals surface area contributed by atoms with Crippen LogP contribution in [0.25, 0.3) is 0 Å². The number of ether oxygens (including phenoxy) is 1. The second kappa shape index (κ2) is 4.88. The Labute approximate surface area is 119 Å². The van der Waals surface area contributed by atoms with Crippen molar-refractivity contribution in [3.63, 3.8) is 0 Å². The Hall–Kier alpha value is -1.35. The maximum Gasteiger partial charge on any atom is 0.324 e. The molecule has 106 valence electrons. The van der Waals surface area contributed by atoms with Crippen LogP contribution in [-0.2, 0) is 16.0 Å². The third-order valence-corrected chi connectivity index (χ3v) is 5.17. The number of esters is 1. The first-order chi connectivity index (χ1) is 9.84. The van der Waals surface area contributed by atoms with E-state index in [-0.39, 0.29) is 18.1 Å². The largest absolute Gasteiger partial charge is 0.456 e. The topological polar surface area (TPSA) is 29.5 Å². The van der Waals surface area contributed by atoms with E-state index in [0.717, 1.165) is 25.9 Å². The monoisotopic (exact) mass is 271 g/mol. The molecule has 0 bridgehead atoms. The van der Waals surface area contributed by atoms with Gasteiger partial charge in [0.2, 0.25) is 0 Å². The Balaban J connectivity index is 1.64. The van der Waals surface area contributed by atoms with Crippen LogP contribution < -0.4 is 0 Å². The Bertz CT molecular complexity index is 521. The Morgan fingerprint density at radius 1 is 1.10 bits per heavy atom. The summed E-state index contributed by atoms with van der Waals surface area (Å²) in [6, 6.07) is 8.46. The first-order valence-corrected chi connectivity index (χ1v) is 7.87. The van der Waals surface area contributed by atoms with Crippen molar-refractivity contribution in [1.82, 2.24) is 4.90 Å². The van der Waals surface area contributed by atoms with Crippen LogP contribution in [0.5, 0.6) is 0 Å². The lowest BCUT2D eigenvalue weighted by Crippen LogP contribution is -2.46. The summed E-state index contributed by atoms with van der Waals surface area (Å²) in [6.07, 6.45) is 5.90. The molecule has 0 radical (unpaired) electrons. The quantitative estimate of drug-likeness (QED) is 0.736. The molecule has 0 unspecified atom stereocenters. The Morgan fingerprint density at radius 2 is 1.90 bits per heavy atom. The van der Waals surface area contributed by atoms with Crippen molar-refractivity contribution in [3.8, 4) is 0 Å². The maximum atomic E-state index is 12.4. The van der Waals surface area contributed by atoms with E-state index < -0.39 is 0 Å². The molecule has 0 aromatic heterocycles. The van der Waals surface area contributed by atoms with Gasteiger partial charge in [-0.2, -0.15) is 0 Å². The zero-order valence-electron chi connectivity index (χ0n) is 11.8. The third-order valence-electron chi connectivity index (χ3n) is 5.17. The number of carbonyl (C=O) groups is 1. The fraction of sp³-hybridized carbons (Fsp3) is 0.588. The van der Waals surface area contributed by atoms with Gasteiger partial charge < -0.3 is 4.74 Å². The van der Waals surface area contributed by atoms with Crippen molar-refractivity contribution < 1.29 is 9.53 Å². The van der Waals surface area contributed by atoms with Crippen LogP contribution in [0.3, 0.4) is 0 Å². The van der Waals surface area contributed by atoms with E-state index in [1.165, 1.54) is 30.4 Å². The second-order valence-corrected chi connectivity index (χ2v) is 6.30. The van der Waals surface area contributed by atoms with Crippen LogP contribution in [0.2, 0.25) is 0 Å². The molecule has 3 atom stereocenters. The van der Waals surface area contributed by atoms with Gasteiger partial charge in [-0.05, 0) is 49.9 Å². The van der Waals surface area contributed by atoms with E-state index in [1.807, 2.05) is 0 Å². The summed E-state index contributed by atoms with van der Waals surface area (Å²) < 4.78 is 5.78.